The Morgan fingerprint density at radius 3 is 2.32 bits per heavy atom. The van der Waals surface area contributed by atoms with Gasteiger partial charge in [-0.25, -0.2) is 0 Å². The molecule has 2 N–H and O–H groups in total. The van der Waals surface area contributed by atoms with Gasteiger partial charge in [0.2, 0.25) is 0 Å². The number of carbonyl (C=O) groups is 3. The highest BCUT2D eigenvalue weighted by Crippen LogP contribution is 2.41. The van der Waals surface area contributed by atoms with Crippen LogP contribution >= 0.6 is 0 Å². The molecule has 0 amide bonds. The lowest BCUT2D eigenvalue weighted by Gasteiger charge is -2.36. The molecule has 1 aliphatic heterocycles. The van der Waals surface area contributed by atoms with Crippen LogP contribution in [-0.2, 0) is 9.59 Å². The maximum atomic E-state index is 12.8. The summed E-state index contributed by atoms with van der Waals surface area (Å²) in [4.78, 5) is 34.5. The molecular formula is C16H18O6. The predicted molar refractivity (Wildman–Crippen MR) is 77.2 cm³/mol. The molecule has 0 atom stereocenters. The predicted octanol–water partition coefficient (Wildman–Crippen LogP) is 2.29. The van der Waals surface area contributed by atoms with E-state index in [-0.39, 0.29) is 38.1 Å². The van der Waals surface area contributed by atoms with Crippen LogP contribution < -0.4 is 4.74 Å². The van der Waals surface area contributed by atoms with Gasteiger partial charge in [0.15, 0.2) is 5.78 Å². The van der Waals surface area contributed by atoms with Crippen molar-refractivity contribution in [1.82, 2.24) is 0 Å². The average molecular weight is 306 g/mol. The third kappa shape index (κ3) is 3.27. The fourth-order valence-corrected chi connectivity index (χ4v) is 2.69. The molecule has 0 saturated heterocycles. The number of hydrogen-bond donors (Lipinski definition) is 2. The van der Waals surface area contributed by atoms with E-state index in [2.05, 4.69) is 0 Å². The minimum Gasteiger partial charge on any atom is -0.492 e. The summed E-state index contributed by atoms with van der Waals surface area (Å²) in [7, 11) is 0. The Kier molecular flexibility index (Phi) is 4.49. The third-order valence-electron chi connectivity index (χ3n) is 4.00. The van der Waals surface area contributed by atoms with Crippen LogP contribution in [0.5, 0.6) is 5.75 Å². The summed E-state index contributed by atoms with van der Waals surface area (Å²) < 4.78 is 5.65. The maximum Gasteiger partial charge on any atom is 0.303 e. The molecular weight excluding hydrogens is 288 g/mol. The summed E-state index contributed by atoms with van der Waals surface area (Å²) >= 11 is 0. The van der Waals surface area contributed by atoms with Crippen molar-refractivity contribution >= 4 is 17.7 Å². The Morgan fingerprint density at radius 2 is 1.77 bits per heavy atom. The van der Waals surface area contributed by atoms with Gasteiger partial charge in [-0.05, 0) is 37.5 Å². The normalized spacial score (nSPS) is 15.8. The van der Waals surface area contributed by atoms with E-state index in [9.17, 15) is 14.4 Å². The Balaban J connectivity index is 2.32. The quantitative estimate of drug-likeness (QED) is 0.836. The summed E-state index contributed by atoms with van der Waals surface area (Å²) in [5.41, 5.74) is 0.265. The number of aryl methyl sites for hydroxylation is 1. The number of carboxylic acid groups (broad SMARTS) is 2. The van der Waals surface area contributed by atoms with Crippen molar-refractivity contribution in [2.24, 2.45) is 5.41 Å². The first kappa shape index (κ1) is 16.0. The van der Waals surface area contributed by atoms with Crippen molar-refractivity contribution in [3.8, 4) is 5.75 Å². The van der Waals surface area contributed by atoms with E-state index in [1.807, 2.05) is 6.92 Å². The van der Waals surface area contributed by atoms with Gasteiger partial charge in [-0.3, -0.25) is 14.4 Å². The number of benzene rings is 1. The maximum absolute atomic E-state index is 12.8. The first-order chi connectivity index (χ1) is 10.3. The van der Waals surface area contributed by atoms with Crippen molar-refractivity contribution < 1.29 is 29.3 Å². The van der Waals surface area contributed by atoms with Crippen molar-refractivity contribution in [2.45, 2.75) is 32.6 Å². The van der Waals surface area contributed by atoms with E-state index >= 15 is 0 Å². The molecule has 22 heavy (non-hydrogen) atoms. The highest BCUT2D eigenvalue weighted by molar-refractivity contribution is 6.04. The number of carboxylic acids is 2. The summed E-state index contributed by atoms with van der Waals surface area (Å²) in [5, 5.41) is 17.8. The lowest BCUT2D eigenvalue weighted by molar-refractivity contribution is -0.137. The third-order valence-corrected chi connectivity index (χ3v) is 4.00. The number of aliphatic carboxylic acids is 2. The monoisotopic (exact) mass is 306 g/mol. The Bertz CT molecular complexity index is 601. The molecule has 6 heteroatoms. The first-order valence-electron chi connectivity index (χ1n) is 7.06. The molecule has 1 aromatic carbocycles. The summed E-state index contributed by atoms with van der Waals surface area (Å²) in [6.45, 7) is 1.90. The molecule has 118 valence electrons. The van der Waals surface area contributed by atoms with Gasteiger partial charge in [-0.2, -0.15) is 0 Å². The molecule has 0 bridgehead atoms. The molecule has 6 nitrogen and oxygen atoms in total. The zero-order valence-electron chi connectivity index (χ0n) is 12.3. The van der Waals surface area contributed by atoms with Crippen LogP contribution in [0.25, 0.3) is 0 Å². The van der Waals surface area contributed by atoms with Crippen molar-refractivity contribution in [3.05, 3.63) is 29.3 Å². The summed E-state index contributed by atoms with van der Waals surface area (Å²) in [6, 6.07) is 5.19. The number of carbonyl (C=O) groups excluding carboxylic acids is 1. The molecule has 0 saturated carbocycles. The molecule has 1 aromatic rings. The van der Waals surface area contributed by atoms with Gasteiger partial charge >= 0.3 is 11.9 Å². The van der Waals surface area contributed by atoms with Crippen LogP contribution in [0.15, 0.2) is 18.2 Å². The van der Waals surface area contributed by atoms with Gasteiger partial charge in [-0.15, -0.1) is 0 Å². The van der Waals surface area contributed by atoms with Gasteiger partial charge in [0.1, 0.15) is 12.4 Å². The summed E-state index contributed by atoms with van der Waals surface area (Å²) in [6.07, 6.45) is -0.255. The lowest BCUT2D eigenvalue weighted by Crippen LogP contribution is -2.42. The zero-order valence-corrected chi connectivity index (χ0v) is 12.3. The molecule has 0 spiro atoms. The fourth-order valence-electron chi connectivity index (χ4n) is 2.69. The first-order valence-corrected chi connectivity index (χ1v) is 7.06. The minimum atomic E-state index is -1.08. The number of ether oxygens (including phenoxy) is 1. The van der Waals surface area contributed by atoms with E-state index in [4.69, 9.17) is 14.9 Å². The van der Waals surface area contributed by atoms with E-state index in [1.54, 1.807) is 18.2 Å². The second-order valence-electron chi connectivity index (χ2n) is 5.69. The zero-order chi connectivity index (χ0) is 16.3. The number of fused-ring (bicyclic) bond motifs is 1. The average Bonchev–Trinajstić information content (AvgIpc) is 2.45. The highest BCUT2D eigenvalue weighted by Gasteiger charge is 2.44. The number of Topliss-reactive ketones (excluding diaryl/α,β-unsaturated/α-hetero) is 1. The smallest absolute Gasteiger partial charge is 0.303 e. The fraction of sp³-hybridized carbons (Fsp3) is 0.438. The molecule has 0 aromatic heterocycles. The highest BCUT2D eigenvalue weighted by atomic mass is 16.5. The van der Waals surface area contributed by atoms with Crippen molar-refractivity contribution in [3.63, 3.8) is 0 Å². The molecule has 0 radical (unpaired) electrons. The van der Waals surface area contributed by atoms with Crippen LogP contribution in [0.2, 0.25) is 0 Å². The van der Waals surface area contributed by atoms with E-state index in [0.717, 1.165) is 5.56 Å². The summed E-state index contributed by atoms with van der Waals surface area (Å²) in [5.74, 6) is -1.78. The van der Waals surface area contributed by atoms with Gasteiger partial charge in [-0.1, -0.05) is 6.07 Å². The molecule has 0 aliphatic carbocycles. The standard InChI is InChI=1S/C16H18O6/c1-10-2-3-11-12(8-10)22-9-16(15(11)21,6-4-13(17)18)7-5-14(19)20/h2-3,8H,4-7,9H2,1H3,(H,17,18)(H,19,20). The van der Waals surface area contributed by atoms with Crippen LogP contribution in [0, 0.1) is 12.3 Å². The second kappa shape index (κ2) is 6.17. The van der Waals surface area contributed by atoms with Gasteiger partial charge in [0.05, 0.1) is 11.0 Å². The van der Waals surface area contributed by atoms with Gasteiger partial charge in [0, 0.05) is 12.8 Å². The Hall–Kier alpha value is -2.37. The number of hydrogen-bond acceptors (Lipinski definition) is 4. The van der Waals surface area contributed by atoms with Crippen LogP contribution in [0.4, 0.5) is 0 Å². The molecule has 2 rings (SSSR count). The SMILES string of the molecule is Cc1ccc2c(c1)OCC(CCC(=O)O)(CCC(=O)O)C2=O. The van der Waals surface area contributed by atoms with Crippen molar-refractivity contribution in [1.29, 1.82) is 0 Å². The number of ketones is 1. The topological polar surface area (TPSA) is 101 Å². The molecule has 0 fully saturated rings. The number of rotatable bonds is 6. The van der Waals surface area contributed by atoms with E-state index < -0.39 is 17.4 Å². The molecule has 0 unspecified atom stereocenters. The molecule has 1 aliphatic rings. The lowest BCUT2D eigenvalue weighted by atomic mass is 9.72. The van der Waals surface area contributed by atoms with Gasteiger partial charge < -0.3 is 14.9 Å². The molecule has 1 heterocycles. The van der Waals surface area contributed by atoms with Crippen LogP contribution in [-0.4, -0.2) is 34.5 Å². The Labute approximate surface area is 127 Å². The largest absolute Gasteiger partial charge is 0.492 e. The van der Waals surface area contributed by atoms with Gasteiger partial charge in [0.25, 0.3) is 0 Å². The van der Waals surface area contributed by atoms with E-state index in [1.165, 1.54) is 0 Å². The van der Waals surface area contributed by atoms with Crippen LogP contribution in [0.3, 0.4) is 0 Å². The van der Waals surface area contributed by atoms with E-state index in [0.29, 0.717) is 11.3 Å². The minimum absolute atomic E-state index is 0.0167. The van der Waals surface area contributed by atoms with Crippen molar-refractivity contribution in [2.75, 3.05) is 6.61 Å². The Morgan fingerprint density at radius 1 is 1.18 bits per heavy atom. The van der Waals surface area contributed by atoms with Crippen LogP contribution in [0.1, 0.15) is 41.6 Å². The second-order valence-corrected chi connectivity index (χ2v) is 5.69.